The minimum Gasteiger partial charge on any atom is -0.494 e. The van der Waals surface area contributed by atoms with Crippen LogP contribution in [0.2, 0.25) is 0 Å². The SMILES string of the molecule is COC(=O)Nc1cc(OC)c(Nc2ncc(C(F)(F)F)c(C)n2)cc1C. The zero-order valence-corrected chi connectivity index (χ0v) is 14.5. The Morgan fingerprint density at radius 2 is 1.85 bits per heavy atom. The molecule has 0 unspecified atom stereocenters. The van der Waals surface area contributed by atoms with Gasteiger partial charge in [-0.25, -0.2) is 14.8 Å². The molecular weight excluding hydrogens is 353 g/mol. The number of nitrogens with zero attached hydrogens (tertiary/aromatic N) is 2. The van der Waals surface area contributed by atoms with Crippen molar-refractivity contribution in [2.75, 3.05) is 24.9 Å². The smallest absolute Gasteiger partial charge is 0.419 e. The van der Waals surface area contributed by atoms with Gasteiger partial charge in [-0.15, -0.1) is 0 Å². The van der Waals surface area contributed by atoms with Gasteiger partial charge in [-0.3, -0.25) is 5.32 Å². The Bertz CT molecular complexity index is 825. The van der Waals surface area contributed by atoms with Crippen LogP contribution in [-0.4, -0.2) is 30.3 Å². The molecule has 2 N–H and O–H groups in total. The summed E-state index contributed by atoms with van der Waals surface area (Å²) in [5.41, 5.74) is 0.462. The molecule has 26 heavy (non-hydrogen) atoms. The molecule has 0 aliphatic heterocycles. The summed E-state index contributed by atoms with van der Waals surface area (Å²) < 4.78 is 48.2. The second-order valence-corrected chi connectivity index (χ2v) is 5.30. The normalized spacial score (nSPS) is 11.0. The van der Waals surface area contributed by atoms with E-state index in [9.17, 15) is 18.0 Å². The van der Waals surface area contributed by atoms with E-state index in [0.29, 0.717) is 22.7 Å². The van der Waals surface area contributed by atoms with E-state index >= 15 is 0 Å². The van der Waals surface area contributed by atoms with Crippen LogP contribution >= 0.6 is 0 Å². The molecule has 1 amide bonds. The Morgan fingerprint density at radius 1 is 1.15 bits per heavy atom. The van der Waals surface area contributed by atoms with Crippen LogP contribution < -0.4 is 15.4 Å². The molecule has 1 aromatic carbocycles. The Kier molecular flexibility index (Phi) is 5.53. The van der Waals surface area contributed by atoms with Crippen molar-refractivity contribution in [1.29, 1.82) is 0 Å². The van der Waals surface area contributed by atoms with Crippen LogP contribution in [0.1, 0.15) is 16.8 Å². The Balaban J connectivity index is 2.33. The molecule has 1 heterocycles. The van der Waals surface area contributed by atoms with Crippen LogP contribution in [-0.2, 0) is 10.9 Å². The second-order valence-electron chi connectivity index (χ2n) is 5.30. The lowest BCUT2D eigenvalue weighted by molar-refractivity contribution is -0.138. The summed E-state index contributed by atoms with van der Waals surface area (Å²) in [4.78, 5) is 18.9. The first-order chi connectivity index (χ1) is 12.2. The maximum Gasteiger partial charge on any atom is 0.419 e. The van der Waals surface area contributed by atoms with Gasteiger partial charge in [0.15, 0.2) is 0 Å². The minimum atomic E-state index is -4.52. The van der Waals surface area contributed by atoms with Crippen LogP contribution in [0.5, 0.6) is 5.75 Å². The molecule has 2 aromatic rings. The van der Waals surface area contributed by atoms with Crippen molar-refractivity contribution in [3.63, 3.8) is 0 Å². The summed E-state index contributed by atoms with van der Waals surface area (Å²) in [5.74, 6) is 0.324. The largest absolute Gasteiger partial charge is 0.494 e. The quantitative estimate of drug-likeness (QED) is 0.845. The maximum atomic E-state index is 12.8. The minimum absolute atomic E-state index is 0.0122. The third-order valence-corrected chi connectivity index (χ3v) is 3.50. The molecule has 1 aromatic heterocycles. The van der Waals surface area contributed by atoms with Gasteiger partial charge in [-0.2, -0.15) is 13.2 Å². The Morgan fingerprint density at radius 3 is 2.38 bits per heavy atom. The number of nitrogens with one attached hydrogen (secondary N) is 2. The number of amides is 1. The van der Waals surface area contributed by atoms with Gasteiger partial charge in [-0.1, -0.05) is 0 Å². The molecule has 0 aliphatic carbocycles. The summed E-state index contributed by atoms with van der Waals surface area (Å²) in [6, 6.07) is 3.19. The van der Waals surface area contributed by atoms with E-state index in [1.165, 1.54) is 21.1 Å². The highest BCUT2D eigenvalue weighted by atomic mass is 19.4. The number of hydrogen-bond donors (Lipinski definition) is 2. The number of hydrogen-bond acceptors (Lipinski definition) is 6. The molecule has 0 aliphatic rings. The highest BCUT2D eigenvalue weighted by Gasteiger charge is 2.33. The lowest BCUT2D eigenvalue weighted by Crippen LogP contribution is -2.13. The van der Waals surface area contributed by atoms with E-state index in [1.54, 1.807) is 19.1 Å². The third-order valence-electron chi connectivity index (χ3n) is 3.50. The van der Waals surface area contributed by atoms with Gasteiger partial charge in [-0.05, 0) is 25.5 Å². The monoisotopic (exact) mass is 370 g/mol. The fourth-order valence-corrected chi connectivity index (χ4v) is 2.18. The van der Waals surface area contributed by atoms with Crippen molar-refractivity contribution >= 4 is 23.4 Å². The van der Waals surface area contributed by atoms with Crippen LogP contribution in [0, 0.1) is 13.8 Å². The van der Waals surface area contributed by atoms with E-state index in [4.69, 9.17) is 4.74 Å². The molecule has 2 rings (SSSR count). The first-order valence-electron chi connectivity index (χ1n) is 7.37. The summed E-state index contributed by atoms with van der Waals surface area (Å²) >= 11 is 0. The zero-order chi connectivity index (χ0) is 19.5. The van der Waals surface area contributed by atoms with Gasteiger partial charge >= 0.3 is 12.3 Å². The summed E-state index contributed by atoms with van der Waals surface area (Å²) in [6.45, 7) is 2.98. The number of ether oxygens (including phenoxy) is 2. The van der Waals surface area contributed by atoms with E-state index in [1.807, 2.05) is 0 Å². The van der Waals surface area contributed by atoms with Crippen LogP contribution in [0.4, 0.5) is 35.3 Å². The van der Waals surface area contributed by atoms with Gasteiger partial charge in [0.1, 0.15) is 5.75 Å². The van der Waals surface area contributed by atoms with E-state index in [2.05, 4.69) is 25.3 Å². The van der Waals surface area contributed by atoms with Gasteiger partial charge in [0.25, 0.3) is 0 Å². The fourth-order valence-electron chi connectivity index (χ4n) is 2.18. The average Bonchev–Trinajstić information content (AvgIpc) is 2.55. The lowest BCUT2D eigenvalue weighted by atomic mass is 10.1. The van der Waals surface area contributed by atoms with Crippen molar-refractivity contribution in [3.8, 4) is 5.75 Å². The van der Waals surface area contributed by atoms with Crippen molar-refractivity contribution < 1.29 is 27.4 Å². The molecule has 0 saturated heterocycles. The molecule has 0 atom stereocenters. The van der Waals surface area contributed by atoms with Crippen molar-refractivity contribution in [1.82, 2.24) is 9.97 Å². The van der Waals surface area contributed by atoms with Gasteiger partial charge in [0, 0.05) is 12.3 Å². The molecule has 0 spiro atoms. The Hall–Kier alpha value is -3.04. The second kappa shape index (κ2) is 7.46. The van der Waals surface area contributed by atoms with Crippen LogP contribution in [0.3, 0.4) is 0 Å². The number of methoxy groups -OCH3 is 2. The number of aryl methyl sites for hydroxylation is 2. The number of halogens is 3. The van der Waals surface area contributed by atoms with Gasteiger partial charge in [0.2, 0.25) is 5.95 Å². The highest BCUT2D eigenvalue weighted by Crippen LogP contribution is 2.34. The van der Waals surface area contributed by atoms with E-state index < -0.39 is 17.8 Å². The van der Waals surface area contributed by atoms with E-state index in [-0.39, 0.29) is 11.6 Å². The highest BCUT2D eigenvalue weighted by molar-refractivity contribution is 5.87. The lowest BCUT2D eigenvalue weighted by Gasteiger charge is -2.15. The van der Waals surface area contributed by atoms with Crippen LogP contribution in [0.25, 0.3) is 0 Å². The predicted octanol–water partition coefficient (Wildman–Crippen LogP) is 4.04. The molecule has 10 heteroatoms. The summed E-state index contributed by atoms with van der Waals surface area (Å²) in [6.07, 6.45) is -4.44. The standard InChI is InChI=1S/C16H17F3N4O3/c1-8-5-12(13(25-3)6-11(8)23-15(24)26-4)22-14-20-7-10(9(2)21-14)16(17,18)19/h5-7H,1-4H3,(H,23,24)(H,20,21,22). The maximum absolute atomic E-state index is 12.8. The number of carbonyl (C=O) groups is 1. The molecule has 0 bridgehead atoms. The molecule has 140 valence electrons. The van der Waals surface area contributed by atoms with Gasteiger partial charge in [0.05, 0.1) is 36.9 Å². The topological polar surface area (TPSA) is 85.4 Å². The molecule has 0 fully saturated rings. The number of benzene rings is 1. The van der Waals surface area contributed by atoms with Crippen molar-refractivity contribution in [2.45, 2.75) is 20.0 Å². The summed E-state index contributed by atoms with van der Waals surface area (Å²) in [5, 5.41) is 5.35. The average molecular weight is 370 g/mol. The summed E-state index contributed by atoms with van der Waals surface area (Å²) in [7, 11) is 2.65. The number of carbonyl (C=O) groups excluding carboxylic acids is 1. The van der Waals surface area contributed by atoms with Gasteiger partial charge < -0.3 is 14.8 Å². The number of rotatable bonds is 4. The molecule has 0 saturated carbocycles. The fraction of sp³-hybridized carbons (Fsp3) is 0.312. The first kappa shape index (κ1) is 19.3. The number of anilines is 3. The third kappa shape index (κ3) is 4.32. The zero-order valence-electron chi connectivity index (χ0n) is 14.5. The number of alkyl halides is 3. The first-order valence-corrected chi connectivity index (χ1v) is 7.37. The Labute approximate surface area is 147 Å². The molecule has 0 radical (unpaired) electrons. The van der Waals surface area contributed by atoms with Crippen molar-refractivity contribution in [2.24, 2.45) is 0 Å². The molecular formula is C16H17F3N4O3. The predicted molar refractivity (Wildman–Crippen MR) is 88.8 cm³/mol. The van der Waals surface area contributed by atoms with Crippen molar-refractivity contribution in [3.05, 3.63) is 35.2 Å². The van der Waals surface area contributed by atoms with Crippen LogP contribution in [0.15, 0.2) is 18.3 Å². The number of aromatic nitrogens is 2. The molecule has 7 nitrogen and oxygen atoms in total. The van der Waals surface area contributed by atoms with E-state index in [0.717, 1.165) is 6.20 Å².